The lowest BCUT2D eigenvalue weighted by molar-refractivity contribution is -0.140. The standard InChI is InChI=1S/C21H28N2O4/c1-14(2)12-16(22-19(25)9-8-15-6-4-3-5-7-15)21(26)23-11-10-18-20(23)17(24)13-27-18/h3-7,14,16,18,20H,8-13H2,1-2H3,(H,22,25)/t16-,18?,20?/m0/s1. The third kappa shape index (κ3) is 4.75. The molecule has 0 radical (unpaired) electrons. The molecule has 27 heavy (non-hydrogen) atoms. The fraction of sp³-hybridized carbons (Fsp3) is 0.571. The molecular weight excluding hydrogens is 344 g/mol. The first-order valence-corrected chi connectivity index (χ1v) is 9.73. The molecule has 146 valence electrons. The zero-order chi connectivity index (χ0) is 19.4. The maximum atomic E-state index is 13.1. The third-order valence-corrected chi connectivity index (χ3v) is 5.22. The van der Waals surface area contributed by atoms with E-state index >= 15 is 0 Å². The van der Waals surface area contributed by atoms with Gasteiger partial charge in [-0.25, -0.2) is 0 Å². The molecular formula is C21H28N2O4. The number of hydrogen-bond donors (Lipinski definition) is 1. The number of aryl methyl sites for hydroxylation is 1. The largest absolute Gasteiger partial charge is 0.368 e. The number of carbonyl (C=O) groups excluding carboxylic acids is 3. The normalized spacial score (nSPS) is 22.8. The van der Waals surface area contributed by atoms with E-state index < -0.39 is 12.1 Å². The van der Waals surface area contributed by atoms with Gasteiger partial charge in [-0.15, -0.1) is 0 Å². The van der Waals surface area contributed by atoms with Crippen LogP contribution in [0.1, 0.15) is 38.7 Å². The van der Waals surface area contributed by atoms with Crippen molar-refractivity contribution in [2.75, 3.05) is 13.2 Å². The number of Topliss-reactive ketones (excluding diaryl/α,β-unsaturated/α-hetero) is 1. The minimum atomic E-state index is -0.597. The second-order valence-corrected chi connectivity index (χ2v) is 7.82. The van der Waals surface area contributed by atoms with Crippen molar-refractivity contribution in [1.82, 2.24) is 10.2 Å². The van der Waals surface area contributed by atoms with Crippen LogP contribution >= 0.6 is 0 Å². The van der Waals surface area contributed by atoms with Crippen molar-refractivity contribution in [1.29, 1.82) is 0 Å². The fourth-order valence-corrected chi connectivity index (χ4v) is 3.90. The summed E-state index contributed by atoms with van der Waals surface area (Å²) in [5, 5.41) is 2.91. The number of rotatable bonds is 7. The van der Waals surface area contributed by atoms with Gasteiger partial charge in [-0.05, 0) is 30.7 Å². The summed E-state index contributed by atoms with van der Waals surface area (Å²) < 4.78 is 5.47. The van der Waals surface area contributed by atoms with E-state index in [1.165, 1.54) is 0 Å². The molecule has 0 bridgehead atoms. The lowest BCUT2D eigenvalue weighted by atomic mass is 10.0. The second kappa shape index (κ2) is 8.65. The van der Waals surface area contributed by atoms with E-state index in [1.807, 2.05) is 44.2 Å². The SMILES string of the molecule is CC(C)C[C@H](NC(=O)CCc1ccccc1)C(=O)N1CCC2OCC(=O)C21. The summed E-state index contributed by atoms with van der Waals surface area (Å²) in [5.41, 5.74) is 1.09. The summed E-state index contributed by atoms with van der Waals surface area (Å²) in [6.45, 7) is 4.63. The monoisotopic (exact) mass is 372 g/mol. The molecule has 1 aromatic rings. The Morgan fingerprint density at radius 2 is 2.00 bits per heavy atom. The Kier molecular flexibility index (Phi) is 6.26. The van der Waals surface area contributed by atoms with Crippen molar-refractivity contribution in [2.45, 2.75) is 57.7 Å². The summed E-state index contributed by atoms with van der Waals surface area (Å²) in [5.74, 6) is -0.0856. The highest BCUT2D eigenvalue weighted by atomic mass is 16.5. The molecule has 6 heteroatoms. The van der Waals surface area contributed by atoms with Crippen molar-refractivity contribution >= 4 is 17.6 Å². The molecule has 1 N–H and O–H groups in total. The Morgan fingerprint density at radius 3 is 2.70 bits per heavy atom. The molecule has 1 aromatic carbocycles. The predicted molar refractivity (Wildman–Crippen MR) is 101 cm³/mol. The van der Waals surface area contributed by atoms with Gasteiger partial charge in [0.1, 0.15) is 18.7 Å². The van der Waals surface area contributed by atoms with Crippen molar-refractivity contribution in [3.63, 3.8) is 0 Å². The number of likely N-dealkylation sites (tertiary alicyclic amines) is 1. The van der Waals surface area contributed by atoms with Crippen LogP contribution in [0.25, 0.3) is 0 Å². The molecule has 2 unspecified atom stereocenters. The van der Waals surface area contributed by atoms with Crippen molar-refractivity contribution in [3.05, 3.63) is 35.9 Å². The van der Waals surface area contributed by atoms with Gasteiger partial charge in [-0.3, -0.25) is 14.4 Å². The van der Waals surface area contributed by atoms with Crippen molar-refractivity contribution in [2.24, 2.45) is 5.92 Å². The Morgan fingerprint density at radius 1 is 1.26 bits per heavy atom. The number of fused-ring (bicyclic) bond motifs is 1. The van der Waals surface area contributed by atoms with Crippen LogP contribution in [0.15, 0.2) is 30.3 Å². The number of amides is 2. The molecule has 3 rings (SSSR count). The molecule has 3 atom stereocenters. The molecule has 2 amide bonds. The van der Waals surface area contributed by atoms with Crippen LogP contribution in [0.3, 0.4) is 0 Å². The molecule has 0 saturated carbocycles. The smallest absolute Gasteiger partial charge is 0.245 e. The van der Waals surface area contributed by atoms with Crippen LogP contribution in [0.2, 0.25) is 0 Å². The van der Waals surface area contributed by atoms with Crippen LogP contribution in [0.5, 0.6) is 0 Å². The third-order valence-electron chi connectivity index (χ3n) is 5.22. The minimum Gasteiger partial charge on any atom is -0.368 e. The molecule has 2 fully saturated rings. The van der Waals surface area contributed by atoms with E-state index in [2.05, 4.69) is 5.32 Å². The number of ketones is 1. The molecule has 2 heterocycles. The van der Waals surface area contributed by atoms with Gasteiger partial charge >= 0.3 is 0 Å². The van der Waals surface area contributed by atoms with E-state index in [9.17, 15) is 14.4 Å². The molecule has 6 nitrogen and oxygen atoms in total. The van der Waals surface area contributed by atoms with Crippen LogP contribution in [-0.4, -0.2) is 53.8 Å². The highest BCUT2D eigenvalue weighted by Crippen LogP contribution is 2.28. The Hall–Kier alpha value is -2.21. The molecule has 0 aromatic heterocycles. The maximum Gasteiger partial charge on any atom is 0.245 e. The van der Waals surface area contributed by atoms with Gasteiger partial charge in [-0.2, -0.15) is 0 Å². The summed E-state index contributed by atoms with van der Waals surface area (Å²) >= 11 is 0. The topological polar surface area (TPSA) is 75.7 Å². The first kappa shape index (κ1) is 19.5. The number of nitrogens with one attached hydrogen (secondary N) is 1. The Labute approximate surface area is 160 Å². The average Bonchev–Trinajstić information content (AvgIpc) is 3.22. The number of hydrogen-bond acceptors (Lipinski definition) is 4. The number of ether oxygens (including phenoxy) is 1. The van der Waals surface area contributed by atoms with Crippen LogP contribution < -0.4 is 5.32 Å². The average molecular weight is 372 g/mol. The number of carbonyl (C=O) groups is 3. The molecule has 0 spiro atoms. The fourth-order valence-electron chi connectivity index (χ4n) is 3.90. The first-order valence-electron chi connectivity index (χ1n) is 9.73. The van der Waals surface area contributed by atoms with Gasteiger partial charge < -0.3 is 15.0 Å². The lowest BCUT2D eigenvalue weighted by Crippen LogP contribution is -2.52. The summed E-state index contributed by atoms with van der Waals surface area (Å²) in [6, 6.07) is 8.73. The highest BCUT2D eigenvalue weighted by molar-refractivity contribution is 5.95. The van der Waals surface area contributed by atoms with E-state index in [-0.39, 0.29) is 36.2 Å². The van der Waals surface area contributed by atoms with Gasteiger partial charge in [0.05, 0.1) is 6.10 Å². The zero-order valence-corrected chi connectivity index (χ0v) is 16.0. The molecule has 2 aliphatic rings. The first-order chi connectivity index (χ1) is 13.0. The van der Waals surface area contributed by atoms with E-state index in [1.54, 1.807) is 4.90 Å². The van der Waals surface area contributed by atoms with Gasteiger partial charge in [0.15, 0.2) is 5.78 Å². The van der Waals surface area contributed by atoms with Gasteiger partial charge in [0.25, 0.3) is 0 Å². The maximum absolute atomic E-state index is 13.1. The van der Waals surface area contributed by atoms with Gasteiger partial charge in [0.2, 0.25) is 11.8 Å². The number of nitrogens with zero attached hydrogens (tertiary/aromatic N) is 1. The molecule has 2 saturated heterocycles. The van der Waals surface area contributed by atoms with E-state index in [4.69, 9.17) is 4.74 Å². The van der Waals surface area contributed by atoms with Gasteiger partial charge in [0, 0.05) is 13.0 Å². The molecule has 2 aliphatic heterocycles. The van der Waals surface area contributed by atoms with E-state index in [0.29, 0.717) is 32.2 Å². The Bertz CT molecular complexity index is 689. The Balaban J connectivity index is 1.62. The lowest BCUT2D eigenvalue weighted by Gasteiger charge is -2.28. The van der Waals surface area contributed by atoms with Crippen LogP contribution in [0.4, 0.5) is 0 Å². The molecule has 0 aliphatic carbocycles. The van der Waals surface area contributed by atoms with E-state index in [0.717, 1.165) is 5.56 Å². The number of benzene rings is 1. The van der Waals surface area contributed by atoms with Gasteiger partial charge in [-0.1, -0.05) is 44.2 Å². The van der Waals surface area contributed by atoms with Crippen LogP contribution in [-0.2, 0) is 25.5 Å². The van der Waals surface area contributed by atoms with Crippen molar-refractivity contribution in [3.8, 4) is 0 Å². The zero-order valence-electron chi connectivity index (χ0n) is 16.0. The quantitative estimate of drug-likeness (QED) is 0.791. The predicted octanol–water partition coefficient (Wildman–Crippen LogP) is 1.72. The summed E-state index contributed by atoms with van der Waals surface area (Å²) in [7, 11) is 0. The second-order valence-electron chi connectivity index (χ2n) is 7.82. The van der Waals surface area contributed by atoms with Crippen molar-refractivity contribution < 1.29 is 19.1 Å². The summed E-state index contributed by atoms with van der Waals surface area (Å²) in [4.78, 5) is 39.2. The minimum absolute atomic E-state index is 0.0375. The van der Waals surface area contributed by atoms with Crippen LogP contribution in [0, 0.1) is 5.92 Å². The highest BCUT2D eigenvalue weighted by Gasteiger charge is 2.47. The summed E-state index contributed by atoms with van der Waals surface area (Å²) in [6.07, 6.45) is 2.02.